The molecule has 3 N–H and O–H groups in total. The Morgan fingerprint density at radius 3 is 2.43 bits per heavy atom. The predicted octanol–water partition coefficient (Wildman–Crippen LogP) is 3.52. The van der Waals surface area contributed by atoms with Crippen molar-refractivity contribution in [3.05, 3.63) is 63.7 Å². The second kappa shape index (κ2) is 6.39. The lowest BCUT2D eigenvalue weighted by Crippen LogP contribution is -2.15. The maximum Gasteiger partial charge on any atom is 0.280 e. The number of hydrogen-bond acceptors (Lipinski definition) is 4. The number of carbonyl (C=O) groups excluding carboxylic acids is 1. The Labute approximate surface area is 145 Å². The summed E-state index contributed by atoms with van der Waals surface area (Å²) in [5.41, 5.74) is 7.35. The van der Waals surface area contributed by atoms with Crippen molar-refractivity contribution in [3.8, 4) is 5.69 Å². The molecular weight excluding hydrogens is 382 g/mol. The first-order chi connectivity index (χ1) is 11.0. The van der Waals surface area contributed by atoms with Crippen molar-refractivity contribution in [2.24, 2.45) is 0 Å². The quantitative estimate of drug-likeness (QED) is 0.714. The largest absolute Gasteiger partial charge is 0.382 e. The minimum atomic E-state index is -0.426. The second-order valence-corrected chi connectivity index (χ2v) is 6.02. The van der Waals surface area contributed by atoms with E-state index in [1.165, 1.54) is 4.68 Å². The topological polar surface area (TPSA) is 85.8 Å². The average Bonchev–Trinajstić information content (AvgIpc) is 2.92. The second-order valence-electron chi connectivity index (χ2n) is 4.67. The van der Waals surface area contributed by atoms with E-state index in [1.54, 1.807) is 36.4 Å². The summed E-state index contributed by atoms with van der Waals surface area (Å²) in [6, 6.07) is 14.1. The summed E-state index contributed by atoms with van der Waals surface area (Å²) in [6.07, 6.45) is 0. The SMILES string of the molecule is Nc1c(C(=O)Nc2ccc(Br)cc2)nnn1-c1ccc(Cl)cc1. The van der Waals surface area contributed by atoms with Crippen LogP contribution in [0, 0.1) is 0 Å². The number of amides is 1. The molecule has 2 aromatic carbocycles. The molecule has 0 radical (unpaired) electrons. The van der Waals surface area contributed by atoms with Crippen LogP contribution >= 0.6 is 27.5 Å². The molecule has 8 heteroatoms. The van der Waals surface area contributed by atoms with Crippen molar-refractivity contribution in [2.75, 3.05) is 11.1 Å². The molecule has 0 fully saturated rings. The zero-order valence-corrected chi connectivity index (χ0v) is 14.0. The molecular formula is C15H11BrClN5O. The summed E-state index contributed by atoms with van der Waals surface area (Å²) in [5, 5.41) is 11.1. The number of benzene rings is 2. The first-order valence-corrected chi connectivity index (χ1v) is 7.76. The van der Waals surface area contributed by atoms with Gasteiger partial charge < -0.3 is 11.1 Å². The number of aromatic nitrogens is 3. The number of nitrogens with zero attached hydrogens (tertiary/aromatic N) is 3. The van der Waals surface area contributed by atoms with Crippen LogP contribution in [0.1, 0.15) is 10.5 Å². The van der Waals surface area contributed by atoms with Crippen LogP contribution in [0.2, 0.25) is 5.02 Å². The minimum Gasteiger partial charge on any atom is -0.382 e. The molecule has 1 amide bonds. The van der Waals surface area contributed by atoms with Crippen molar-refractivity contribution in [1.82, 2.24) is 15.0 Å². The van der Waals surface area contributed by atoms with E-state index in [1.807, 2.05) is 12.1 Å². The fraction of sp³-hybridized carbons (Fsp3) is 0. The lowest BCUT2D eigenvalue weighted by molar-refractivity contribution is 0.102. The van der Waals surface area contributed by atoms with Crippen LogP contribution in [0.5, 0.6) is 0 Å². The normalized spacial score (nSPS) is 10.5. The van der Waals surface area contributed by atoms with E-state index < -0.39 is 5.91 Å². The monoisotopic (exact) mass is 391 g/mol. The van der Waals surface area contributed by atoms with Crippen LogP contribution in [0.25, 0.3) is 5.69 Å². The highest BCUT2D eigenvalue weighted by atomic mass is 79.9. The molecule has 1 heterocycles. The van der Waals surface area contributed by atoms with Gasteiger partial charge in [0, 0.05) is 15.2 Å². The van der Waals surface area contributed by atoms with E-state index in [0.717, 1.165) is 4.47 Å². The molecule has 3 rings (SSSR count). The summed E-state index contributed by atoms with van der Waals surface area (Å²) in [6.45, 7) is 0. The van der Waals surface area contributed by atoms with Gasteiger partial charge in [0.1, 0.15) is 0 Å². The van der Waals surface area contributed by atoms with E-state index in [-0.39, 0.29) is 11.5 Å². The van der Waals surface area contributed by atoms with Crippen molar-refractivity contribution < 1.29 is 4.79 Å². The number of halogens is 2. The van der Waals surface area contributed by atoms with E-state index in [0.29, 0.717) is 16.4 Å². The fourth-order valence-electron chi connectivity index (χ4n) is 1.95. The number of rotatable bonds is 3. The van der Waals surface area contributed by atoms with E-state index in [2.05, 4.69) is 31.6 Å². The summed E-state index contributed by atoms with van der Waals surface area (Å²) < 4.78 is 2.30. The maximum atomic E-state index is 12.3. The number of anilines is 2. The molecule has 0 bridgehead atoms. The van der Waals surface area contributed by atoms with Gasteiger partial charge in [0.05, 0.1) is 5.69 Å². The van der Waals surface area contributed by atoms with Gasteiger partial charge in [0.15, 0.2) is 11.5 Å². The highest BCUT2D eigenvalue weighted by Crippen LogP contribution is 2.19. The minimum absolute atomic E-state index is 0.0582. The fourth-order valence-corrected chi connectivity index (χ4v) is 2.34. The molecule has 0 aliphatic carbocycles. The number of nitrogens with one attached hydrogen (secondary N) is 1. The van der Waals surface area contributed by atoms with Crippen LogP contribution in [-0.2, 0) is 0 Å². The van der Waals surface area contributed by atoms with Crippen LogP contribution in [0.4, 0.5) is 11.5 Å². The van der Waals surface area contributed by atoms with Crippen LogP contribution in [0.15, 0.2) is 53.0 Å². The highest BCUT2D eigenvalue weighted by molar-refractivity contribution is 9.10. The predicted molar refractivity (Wildman–Crippen MR) is 92.9 cm³/mol. The number of nitrogen functional groups attached to an aromatic ring is 1. The van der Waals surface area contributed by atoms with E-state index in [4.69, 9.17) is 17.3 Å². The highest BCUT2D eigenvalue weighted by Gasteiger charge is 2.18. The molecule has 0 spiro atoms. The zero-order chi connectivity index (χ0) is 16.4. The number of nitrogens with two attached hydrogens (primary N) is 1. The molecule has 0 unspecified atom stereocenters. The third kappa shape index (κ3) is 3.35. The third-order valence-corrected chi connectivity index (χ3v) is 3.87. The molecule has 0 saturated carbocycles. The first-order valence-electron chi connectivity index (χ1n) is 6.58. The Bertz CT molecular complexity index is 845. The summed E-state index contributed by atoms with van der Waals surface area (Å²) in [7, 11) is 0. The smallest absolute Gasteiger partial charge is 0.280 e. The molecule has 0 saturated heterocycles. The third-order valence-electron chi connectivity index (χ3n) is 3.09. The van der Waals surface area contributed by atoms with Gasteiger partial charge in [-0.3, -0.25) is 4.79 Å². The Kier molecular flexibility index (Phi) is 4.31. The van der Waals surface area contributed by atoms with Crippen LogP contribution in [0.3, 0.4) is 0 Å². The van der Waals surface area contributed by atoms with Gasteiger partial charge in [-0.15, -0.1) is 5.10 Å². The first kappa shape index (κ1) is 15.5. The van der Waals surface area contributed by atoms with Gasteiger partial charge in [-0.1, -0.05) is 32.7 Å². The van der Waals surface area contributed by atoms with E-state index >= 15 is 0 Å². The maximum absolute atomic E-state index is 12.3. The lowest BCUT2D eigenvalue weighted by Gasteiger charge is -2.05. The molecule has 3 aromatic rings. The van der Waals surface area contributed by atoms with Crippen molar-refractivity contribution in [1.29, 1.82) is 0 Å². The average molecular weight is 393 g/mol. The van der Waals surface area contributed by atoms with Gasteiger partial charge in [0.25, 0.3) is 5.91 Å². The molecule has 0 aliphatic rings. The van der Waals surface area contributed by atoms with Crippen molar-refractivity contribution in [2.45, 2.75) is 0 Å². The molecule has 1 aromatic heterocycles. The molecule has 0 aliphatic heterocycles. The van der Waals surface area contributed by atoms with Gasteiger partial charge in [-0.05, 0) is 48.5 Å². The van der Waals surface area contributed by atoms with Gasteiger partial charge in [-0.25, -0.2) is 0 Å². The molecule has 116 valence electrons. The molecule has 6 nitrogen and oxygen atoms in total. The zero-order valence-electron chi connectivity index (χ0n) is 11.7. The van der Waals surface area contributed by atoms with Gasteiger partial charge >= 0.3 is 0 Å². The summed E-state index contributed by atoms with van der Waals surface area (Å²) in [4.78, 5) is 12.3. The Balaban J connectivity index is 1.85. The Morgan fingerprint density at radius 1 is 1.13 bits per heavy atom. The Hall–Kier alpha value is -2.38. The van der Waals surface area contributed by atoms with Crippen molar-refractivity contribution in [3.63, 3.8) is 0 Å². The lowest BCUT2D eigenvalue weighted by atomic mass is 10.3. The van der Waals surface area contributed by atoms with Crippen molar-refractivity contribution >= 4 is 44.9 Å². The van der Waals surface area contributed by atoms with E-state index in [9.17, 15) is 4.79 Å². The Morgan fingerprint density at radius 2 is 1.78 bits per heavy atom. The molecule has 23 heavy (non-hydrogen) atoms. The molecule has 0 atom stereocenters. The standard InChI is InChI=1S/C15H11BrClN5O/c16-9-1-5-11(6-2-9)19-15(23)13-14(18)22(21-20-13)12-7-3-10(17)4-8-12/h1-8H,18H2,(H,19,23). The van der Waals surface area contributed by atoms with Crippen LogP contribution < -0.4 is 11.1 Å². The van der Waals surface area contributed by atoms with Gasteiger partial charge in [0.2, 0.25) is 0 Å². The number of carbonyl (C=O) groups is 1. The summed E-state index contributed by atoms with van der Waals surface area (Å²) in [5.74, 6) is -0.271. The van der Waals surface area contributed by atoms with Gasteiger partial charge in [-0.2, -0.15) is 4.68 Å². The summed E-state index contributed by atoms with van der Waals surface area (Å²) >= 11 is 9.19. The number of hydrogen-bond donors (Lipinski definition) is 2. The van der Waals surface area contributed by atoms with Crippen LogP contribution in [-0.4, -0.2) is 20.9 Å².